The highest BCUT2D eigenvalue weighted by Crippen LogP contribution is 2.31. The van der Waals surface area contributed by atoms with Crippen molar-refractivity contribution in [3.05, 3.63) is 35.5 Å². The number of aliphatic imine (C=N–C) groups is 1. The van der Waals surface area contributed by atoms with Crippen LogP contribution in [0.15, 0.2) is 35.5 Å². The van der Waals surface area contributed by atoms with Gasteiger partial charge in [-0.1, -0.05) is 11.6 Å². The van der Waals surface area contributed by atoms with E-state index in [1.807, 2.05) is 24.3 Å². The summed E-state index contributed by atoms with van der Waals surface area (Å²) in [5.74, 6) is 0.749. The van der Waals surface area contributed by atoms with Gasteiger partial charge in [0.1, 0.15) is 18.0 Å². The molecule has 1 amide bonds. The normalized spacial score (nSPS) is 23.5. The van der Waals surface area contributed by atoms with Gasteiger partial charge in [-0.15, -0.1) is 0 Å². The van der Waals surface area contributed by atoms with Crippen LogP contribution in [-0.2, 0) is 4.79 Å². The summed E-state index contributed by atoms with van der Waals surface area (Å²) in [6.07, 6.45) is 4.47. The first-order valence-electron chi connectivity index (χ1n) is 10.3. The van der Waals surface area contributed by atoms with Gasteiger partial charge >= 0.3 is 0 Å². The Morgan fingerprint density at radius 1 is 1.37 bits per heavy atom. The zero-order chi connectivity index (χ0) is 21.1. The van der Waals surface area contributed by atoms with Crippen LogP contribution >= 0.6 is 11.6 Å². The molecule has 1 aromatic heterocycles. The summed E-state index contributed by atoms with van der Waals surface area (Å²) in [6.45, 7) is 1.99. The van der Waals surface area contributed by atoms with Gasteiger partial charge < -0.3 is 9.64 Å². The van der Waals surface area contributed by atoms with Crippen molar-refractivity contribution >= 4 is 34.6 Å². The number of hydrogen-bond donors (Lipinski definition) is 0. The number of likely N-dealkylation sites (tertiary alicyclic amines) is 2. The van der Waals surface area contributed by atoms with Crippen molar-refractivity contribution < 1.29 is 13.9 Å². The molecule has 2 aliphatic heterocycles. The molecule has 0 spiro atoms. The van der Waals surface area contributed by atoms with Crippen LogP contribution < -0.4 is 4.74 Å². The van der Waals surface area contributed by atoms with Crippen molar-refractivity contribution in [2.45, 2.75) is 37.6 Å². The summed E-state index contributed by atoms with van der Waals surface area (Å²) in [7, 11) is 1.65. The number of ether oxygens (including phenoxy) is 1. The van der Waals surface area contributed by atoms with Crippen LogP contribution in [0.3, 0.4) is 0 Å². The van der Waals surface area contributed by atoms with Crippen LogP contribution in [0, 0.1) is 0 Å². The maximum absolute atomic E-state index is 13.8. The number of halogens is 2. The molecule has 0 radical (unpaired) electrons. The average molecular weight is 433 g/mol. The van der Waals surface area contributed by atoms with Crippen molar-refractivity contribution in [1.29, 1.82) is 0 Å². The number of pyridine rings is 1. The molecule has 2 saturated heterocycles. The Kier molecular flexibility index (Phi) is 6.49. The van der Waals surface area contributed by atoms with Crippen LogP contribution in [-0.4, -0.2) is 78.4 Å². The summed E-state index contributed by atoms with van der Waals surface area (Å²) in [5, 5.41) is 1.51. The predicted molar refractivity (Wildman–Crippen MR) is 116 cm³/mol. The molecule has 2 atom stereocenters. The number of amides is 1. The fourth-order valence-electron chi connectivity index (χ4n) is 4.27. The fraction of sp³-hybridized carbons (Fsp3) is 0.500. The Bertz CT molecular complexity index is 932. The van der Waals surface area contributed by atoms with E-state index >= 15 is 0 Å². The SMILES string of the molecule is CN=C[C@@H]1C[C@H](F)CN1C(=O)CN1CCC(Oc2ccc(Cl)c3ncccc23)CC1. The number of carbonyl (C=O) groups is 1. The van der Waals surface area contributed by atoms with Gasteiger partial charge in [0.05, 0.1) is 29.7 Å². The molecule has 4 rings (SSSR count). The topological polar surface area (TPSA) is 58.0 Å². The molecule has 0 bridgehead atoms. The molecule has 8 heteroatoms. The molecular weight excluding hydrogens is 407 g/mol. The van der Waals surface area contributed by atoms with Crippen molar-refractivity contribution in [2.75, 3.05) is 33.2 Å². The molecule has 2 aromatic rings. The van der Waals surface area contributed by atoms with Crippen molar-refractivity contribution in [1.82, 2.24) is 14.8 Å². The second-order valence-electron chi connectivity index (χ2n) is 7.89. The van der Waals surface area contributed by atoms with E-state index < -0.39 is 6.17 Å². The van der Waals surface area contributed by atoms with Crippen LogP contribution in [0.2, 0.25) is 5.02 Å². The highest BCUT2D eigenvalue weighted by molar-refractivity contribution is 6.35. The third-order valence-corrected chi connectivity index (χ3v) is 6.11. The third kappa shape index (κ3) is 4.57. The summed E-state index contributed by atoms with van der Waals surface area (Å²) >= 11 is 6.24. The molecule has 2 fully saturated rings. The second kappa shape index (κ2) is 9.27. The third-order valence-electron chi connectivity index (χ3n) is 5.80. The molecule has 1 aromatic carbocycles. The lowest BCUT2D eigenvalue weighted by molar-refractivity contribution is -0.132. The number of hydrogen-bond acceptors (Lipinski definition) is 5. The Balaban J connectivity index is 1.32. The number of carbonyl (C=O) groups excluding carboxylic acids is 1. The maximum atomic E-state index is 13.8. The number of aromatic nitrogens is 1. The van der Waals surface area contributed by atoms with E-state index in [-0.39, 0.29) is 24.6 Å². The molecule has 160 valence electrons. The average Bonchev–Trinajstić information content (AvgIpc) is 3.12. The van der Waals surface area contributed by atoms with E-state index in [0.717, 1.165) is 42.6 Å². The minimum atomic E-state index is -0.972. The van der Waals surface area contributed by atoms with Crippen LogP contribution in [0.4, 0.5) is 4.39 Å². The molecule has 3 heterocycles. The Morgan fingerprint density at radius 2 is 2.17 bits per heavy atom. The number of rotatable bonds is 5. The zero-order valence-corrected chi connectivity index (χ0v) is 17.8. The maximum Gasteiger partial charge on any atom is 0.237 e. The van der Waals surface area contributed by atoms with Crippen LogP contribution in [0.5, 0.6) is 5.75 Å². The monoisotopic (exact) mass is 432 g/mol. The molecule has 2 aliphatic rings. The predicted octanol–water partition coefficient (Wildman–Crippen LogP) is 3.37. The van der Waals surface area contributed by atoms with Crippen LogP contribution in [0.25, 0.3) is 10.9 Å². The number of nitrogens with zero attached hydrogens (tertiary/aromatic N) is 4. The molecule has 30 heavy (non-hydrogen) atoms. The molecule has 0 N–H and O–H groups in total. The van der Waals surface area contributed by atoms with E-state index in [0.29, 0.717) is 18.0 Å². The van der Waals surface area contributed by atoms with Gasteiger partial charge in [-0.2, -0.15) is 0 Å². The van der Waals surface area contributed by atoms with Gasteiger partial charge in [0.2, 0.25) is 5.91 Å². The van der Waals surface area contributed by atoms with Gasteiger partial charge in [0.25, 0.3) is 0 Å². The first-order valence-corrected chi connectivity index (χ1v) is 10.7. The van der Waals surface area contributed by atoms with Crippen LogP contribution in [0.1, 0.15) is 19.3 Å². The quantitative estimate of drug-likeness (QED) is 0.680. The van der Waals surface area contributed by atoms with Crippen molar-refractivity contribution in [2.24, 2.45) is 4.99 Å². The van der Waals surface area contributed by atoms with Gasteiger partial charge in [-0.3, -0.25) is 19.7 Å². The van der Waals surface area contributed by atoms with Crippen molar-refractivity contribution in [3.63, 3.8) is 0 Å². The molecule has 0 aliphatic carbocycles. The van der Waals surface area contributed by atoms with Gasteiger partial charge in [-0.25, -0.2) is 4.39 Å². The zero-order valence-electron chi connectivity index (χ0n) is 17.0. The Morgan fingerprint density at radius 3 is 2.93 bits per heavy atom. The molecule has 0 unspecified atom stereocenters. The Labute approximate surface area is 180 Å². The van der Waals surface area contributed by atoms with Gasteiger partial charge in [0.15, 0.2) is 0 Å². The molecule has 0 saturated carbocycles. The first kappa shape index (κ1) is 21.0. The summed E-state index contributed by atoms with van der Waals surface area (Å²) in [6, 6.07) is 7.30. The second-order valence-corrected chi connectivity index (χ2v) is 8.30. The number of piperidine rings is 1. The lowest BCUT2D eigenvalue weighted by Crippen LogP contribution is -2.46. The highest BCUT2D eigenvalue weighted by Gasteiger charge is 2.35. The van der Waals surface area contributed by atoms with E-state index in [2.05, 4.69) is 14.9 Å². The van der Waals surface area contributed by atoms with Gasteiger partial charge in [-0.05, 0) is 37.1 Å². The van der Waals surface area contributed by atoms with E-state index in [1.54, 1.807) is 24.4 Å². The van der Waals surface area contributed by atoms with E-state index in [1.165, 1.54) is 0 Å². The fourth-order valence-corrected chi connectivity index (χ4v) is 4.49. The van der Waals surface area contributed by atoms with E-state index in [4.69, 9.17) is 16.3 Å². The first-order chi connectivity index (χ1) is 14.5. The smallest absolute Gasteiger partial charge is 0.237 e. The Hall–Kier alpha value is -2.25. The number of alkyl halides is 1. The standard InChI is InChI=1S/C22H26ClFN4O2/c1-25-12-16-11-15(24)13-28(16)21(29)14-27-9-6-17(7-10-27)30-20-5-4-19(23)22-18(20)3-2-8-26-22/h2-5,8,12,15-17H,6-7,9-11,13-14H2,1H3/t15-,16-/m0/s1. The summed E-state index contributed by atoms with van der Waals surface area (Å²) in [4.78, 5) is 24.8. The number of fused-ring (bicyclic) bond motifs is 1. The largest absolute Gasteiger partial charge is 0.490 e. The summed E-state index contributed by atoms with van der Waals surface area (Å²) in [5.41, 5.74) is 0.738. The minimum absolute atomic E-state index is 0.0332. The number of benzene rings is 1. The molecule has 6 nitrogen and oxygen atoms in total. The van der Waals surface area contributed by atoms with E-state index in [9.17, 15) is 9.18 Å². The van der Waals surface area contributed by atoms with Gasteiger partial charge in [0, 0.05) is 44.4 Å². The minimum Gasteiger partial charge on any atom is -0.490 e. The highest BCUT2D eigenvalue weighted by atomic mass is 35.5. The molecular formula is C22H26ClFN4O2. The van der Waals surface area contributed by atoms with Crippen molar-refractivity contribution in [3.8, 4) is 5.75 Å². The lowest BCUT2D eigenvalue weighted by atomic mass is 10.1. The summed E-state index contributed by atoms with van der Waals surface area (Å²) < 4.78 is 20.0. The lowest BCUT2D eigenvalue weighted by Gasteiger charge is -2.33.